The fourth-order valence-corrected chi connectivity index (χ4v) is 4.75. The summed E-state index contributed by atoms with van der Waals surface area (Å²) in [5, 5.41) is 0. The van der Waals surface area contributed by atoms with Gasteiger partial charge in [0.25, 0.3) is 0 Å². The van der Waals surface area contributed by atoms with E-state index in [1.165, 1.54) is 48.2 Å². The highest BCUT2D eigenvalue weighted by Gasteiger charge is 2.12. The van der Waals surface area contributed by atoms with Crippen molar-refractivity contribution < 1.29 is 0 Å². The molecule has 0 radical (unpaired) electrons. The monoisotopic (exact) mass is 510 g/mol. The number of aromatic amines is 1. The SMILES string of the molecule is CCCN(CCC)CCc1ccc(C=Cc2ccc(CN(Cc3ncc[nH]3)Cc3nccn3C)cc2)cc1. The summed E-state index contributed by atoms with van der Waals surface area (Å²) >= 11 is 0. The van der Waals surface area contributed by atoms with Crippen LogP contribution in [0.2, 0.25) is 0 Å². The van der Waals surface area contributed by atoms with Crippen LogP contribution in [0.1, 0.15) is 60.6 Å². The maximum Gasteiger partial charge on any atom is 0.122 e. The fourth-order valence-electron chi connectivity index (χ4n) is 4.75. The van der Waals surface area contributed by atoms with E-state index in [-0.39, 0.29) is 0 Å². The van der Waals surface area contributed by atoms with Crippen LogP contribution in [0.4, 0.5) is 0 Å². The van der Waals surface area contributed by atoms with E-state index in [1.54, 1.807) is 6.20 Å². The van der Waals surface area contributed by atoms with E-state index in [2.05, 4.69) is 104 Å². The van der Waals surface area contributed by atoms with Gasteiger partial charge in [-0.2, -0.15) is 0 Å². The van der Waals surface area contributed by atoms with E-state index in [9.17, 15) is 0 Å². The molecular formula is C32H42N6. The molecule has 4 aromatic rings. The Morgan fingerprint density at radius 3 is 1.95 bits per heavy atom. The van der Waals surface area contributed by atoms with Gasteiger partial charge in [-0.1, -0.05) is 74.5 Å². The van der Waals surface area contributed by atoms with Crippen molar-refractivity contribution >= 4 is 12.2 Å². The zero-order valence-electron chi connectivity index (χ0n) is 23.2. The van der Waals surface area contributed by atoms with Gasteiger partial charge in [-0.3, -0.25) is 4.90 Å². The first kappa shape index (κ1) is 27.6. The molecule has 0 aliphatic heterocycles. The smallest absolute Gasteiger partial charge is 0.122 e. The van der Waals surface area contributed by atoms with Gasteiger partial charge in [0.15, 0.2) is 0 Å². The Morgan fingerprint density at radius 1 is 0.737 bits per heavy atom. The topological polar surface area (TPSA) is 53.0 Å². The number of benzene rings is 2. The molecule has 0 spiro atoms. The van der Waals surface area contributed by atoms with Crippen LogP contribution in [0.25, 0.3) is 12.2 Å². The molecule has 0 amide bonds. The second-order valence-electron chi connectivity index (χ2n) is 10.0. The van der Waals surface area contributed by atoms with Crippen LogP contribution in [-0.4, -0.2) is 49.0 Å². The normalized spacial score (nSPS) is 11.8. The standard InChI is InChI=1S/C32H42N6/c1-4-20-37(21-5-2)22-16-29-10-8-27(9-11-29)6-7-28-12-14-30(15-13-28)24-38(25-31-33-17-18-34-31)26-32-35-19-23-36(32)3/h6-15,17-19,23H,4-5,16,20-22,24-26H2,1-3H3,(H,33,34). The minimum absolute atomic E-state index is 0.743. The average Bonchev–Trinajstić information content (AvgIpc) is 3.59. The van der Waals surface area contributed by atoms with Crippen LogP contribution < -0.4 is 0 Å². The van der Waals surface area contributed by atoms with Crippen molar-refractivity contribution in [1.29, 1.82) is 0 Å². The molecule has 0 unspecified atom stereocenters. The molecule has 38 heavy (non-hydrogen) atoms. The first-order chi connectivity index (χ1) is 18.6. The number of aromatic nitrogens is 4. The molecule has 2 aromatic carbocycles. The number of imidazole rings is 2. The third-order valence-corrected chi connectivity index (χ3v) is 6.84. The number of nitrogens with one attached hydrogen (secondary N) is 1. The number of nitrogens with zero attached hydrogens (tertiary/aromatic N) is 5. The molecule has 4 rings (SSSR count). The predicted molar refractivity (Wildman–Crippen MR) is 157 cm³/mol. The Hall–Kier alpha value is -3.48. The summed E-state index contributed by atoms with van der Waals surface area (Å²) < 4.78 is 2.07. The van der Waals surface area contributed by atoms with Gasteiger partial charge in [0.2, 0.25) is 0 Å². The summed E-state index contributed by atoms with van der Waals surface area (Å²) in [5.41, 5.74) is 5.12. The van der Waals surface area contributed by atoms with Crippen molar-refractivity contribution in [2.75, 3.05) is 19.6 Å². The first-order valence-electron chi connectivity index (χ1n) is 13.9. The molecule has 0 aliphatic rings. The van der Waals surface area contributed by atoms with Gasteiger partial charge in [-0.05, 0) is 54.6 Å². The molecule has 6 nitrogen and oxygen atoms in total. The summed E-state index contributed by atoms with van der Waals surface area (Å²) in [5.74, 6) is 2.00. The van der Waals surface area contributed by atoms with Crippen molar-refractivity contribution in [2.45, 2.75) is 52.7 Å². The second-order valence-corrected chi connectivity index (χ2v) is 10.0. The number of rotatable bonds is 15. The lowest BCUT2D eigenvalue weighted by molar-refractivity contribution is 0.233. The summed E-state index contributed by atoms with van der Waals surface area (Å²) in [4.78, 5) is 17.1. The summed E-state index contributed by atoms with van der Waals surface area (Å²) in [6.07, 6.45) is 15.5. The highest BCUT2D eigenvalue weighted by atomic mass is 15.2. The Balaban J connectivity index is 1.32. The van der Waals surface area contributed by atoms with Gasteiger partial charge in [0.05, 0.1) is 13.1 Å². The van der Waals surface area contributed by atoms with Crippen LogP contribution in [-0.2, 0) is 33.1 Å². The quantitative estimate of drug-likeness (QED) is 0.194. The molecule has 6 heteroatoms. The van der Waals surface area contributed by atoms with Gasteiger partial charge >= 0.3 is 0 Å². The van der Waals surface area contributed by atoms with Crippen molar-refractivity contribution in [3.8, 4) is 0 Å². The molecule has 0 atom stereocenters. The van der Waals surface area contributed by atoms with Crippen molar-refractivity contribution in [2.24, 2.45) is 7.05 Å². The maximum atomic E-state index is 4.51. The number of hydrogen-bond acceptors (Lipinski definition) is 4. The fraction of sp³-hybridized carbons (Fsp3) is 0.375. The molecular weight excluding hydrogens is 468 g/mol. The van der Waals surface area contributed by atoms with E-state index in [0.717, 1.165) is 44.2 Å². The van der Waals surface area contributed by atoms with Crippen molar-refractivity contribution in [1.82, 2.24) is 29.3 Å². The minimum atomic E-state index is 0.743. The van der Waals surface area contributed by atoms with Gasteiger partial charge in [0.1, 0.15) is 11.6 Å². The third-order valence-electron chi connectivity index (χ3n) is 6.84. The highest BCUT2D eigenvalue weighted by molar-refractivity contribution is 5.69. The number of aryl methyl sites for hydroxylation is 1. The number of hydrogen-bond donors (Lipinski definition) is 1. The molecule has 0 aliphatic carbocycles. The average molecular weight is 511 g/mol. The molecule has 0 saturated heterocycles. The van der Waals surface area contributed by atoms with Crippen molar-refractivity contribution in [3.05, 3.63) is 107 Å². The zero-order chi connectivity index (χ0) is 26.6. The first-order valence-corrected chi connectivity index (χ1v) is 13.9. The summed E-state index contributed by atoms with van der Waals surface area (Å²) in [7, 11) is 2.04. The van der Waals surface area contributed by atoms with Gasteiger partial charge in [0, 0.05) is 44.9 Å². The molecule has 0 bridgehead atoms. The largest absolute Gasteiger partial charge is 0.348 e. The van der Waals surface area contributed by atoms with E-state index in [4.69, 9.17) is 0 Å². The zero-order valence-corrected chi connectivity index (χ0v) is 23.2. The van der Waals surface area contributed by atoms with Crippen molar-refractivity contribution in [3.63, 3.8) is 0 Å². The summed E-state index contributed by atoms with van der Waals surface area (Å²) in [6, 6.07) is 17.8. The highest BCUT2D eigenvalue weighted by Crippen LogP contribution is 2.15. The van der Waals surface area contributed by atoms with Crippen LogP contribution in [0.3, 0.4) is 0 Å². The molecule has 2 heterocycles. The van der Waals surface area contributed by atoms with E-state index in [1.807, 2.05) is 25.6 Å². The van der Waals surface area contributed by atoms with Gasteiger partial charge in [-0.15, -0.1) is 0 Å². The van der Waals surface area contributed by atoms with Gasteiger partial charge < -0.3 is 14.5 Å². The minimum Gasteiger partial charge on any atom is -0.348 e. The number of H-pyrrole nitrogens is 1. The lowest BCUT2D eigenvalue weighted by Gasteiger charge is -2.21. The summed E-state index contributed by atoms with van der Waals surface area (Å²) in [6.45, 7) is 10.4. The molecule has 200 valence electrons. The van der Waals surface area contributed by atoms with E-state index >= 15 is 0 Å². The molecule has 0 saturated carbocycles. The Labute approximate surface area is 228 Å². The maximum absolute atomic E-state index is 4.51. The second kappa shape index (κ2) is 14.5. The Bertz CT molecular complexity index is 1220. The van der Waals surface area contributed by atoms with E-state index in [0.29, 0.717) is 0 Å². The molecule has 2 aromatic heterocycles. The Kier molecular flexibility index (Phi) is 10.5. The lowest BCUT2D eigenvalue weighted by atomic mass is 10.1. The van der Waals surface area contributed by atoms with Crippen LogP contribution in [0.15, 0.2) is 73.3 Å². The lowest BCUT2D eigenvalue weighted by Crippen LogP contribution is -2.27. The molecule has 0 fully saturated rings. The molecule has 1 N–H and O–H groups in total. The van der Waals surface area contributed by atoms with Gasteiger partial charge in [-0.25, -0.2) is 9.97 Å². The predicted octanol–water partition coefficient (Wildman–Crippen LogP) is 6.18. The van der Waals surface area contributed by atoms with Crippen LogP contribution in [0.5, 0.6) is 0 Å². The van der Waals surface area contributed by atoms with Crippen LogP contribution in [0, 0.1) is 0 Å². The Morgan fingerprint density at radius 2 is 1.39 bits per heavy atom. The van der Waals surface area contributed by atoms with Crippen LogP contribution >= 0.6 is 0 Å². The van der Waals surface area contributed by atoms with E-state index < -0.39 is 0 Å². The third kappa shape index (κ3) is 8.54.